The summed E-state index contributed by atoms with van der Waals surface area (Å²) in [6, 6.07) is 11.3. The summed E-state index contributed by atoms with van der Waals surface area (Å²) < 4.78 is 41.1. The van der Waals surface area contributed by atoms with Gasteiger partial charge in [-0.05, 0) is 117 Å². The third-order valence-electron chi connectivity index (χ3n) is 12.0. The van der Waals surface area contributed by atoms with Gasteiger partial charge in [-0.25, -0.2) is 13.1 Å². The normalized spacial score (nSPS) is 28.0. The highest BCUT2D eigenvalue weighted by Gasteiger charge is 2.40. The number of halogens is 1. The molecule has 2 amide bonds. The lowest BCUT2D eigenvalue weighted by Gasteiger charge is -2.47. The number of sulfonamides is 1. The molecule has 4 aliphatic rings. The lowest BCUT2D eigenvalue weighted by atomic mass is 9.65. The number of anilines is 1. The number of carbonyl (C=O) groups excluding carboxylic acids is 2. The third kappa shape index (κ3) is 9.21. The Morgan fingerprint density at radius 3 is 2.57 bits per heavy atom. The smallest absolute Gasteiger partial charge is 0.264 e. The van der Waals surface area contributed by atoms with E-state index in [1.165, 1.54) is 5.56 Å². The van der Waals surface area contributed by atoms with Gasteiger partial charge >= 0.3 is 0 Å². The summed E-state index contributed by atoms with van der Waals surface area (Å²) in [6.45, 7) is 9.68. The van der Waals surface area contributed by atoms with E-state index in [0.29, 0.717) is 66.9 Å². The summed E-state index contributed by atoms with van der Waals surface area (Å²) in [5, 5.41) is -0.0114. The second-order valence-electron chi connectivity index (χ2n) is 15.2. The molecule has 1 N–H and O–H groups in total. The second-order valence-corrected chi connectivity index (χ2v) is 17.7. The summed E-state index contributed by atoms with van der Waals surface area (Å²) in [5.41, 5.74) is 3.40. The molecule has 0 unspecified atom stereocenters. The van der Waals surface area contributed by atoms with Gasteiger partial charge in [-0.3, -0.25) is 14.5 Å². The number of nitrogens with zero attached hydrogens (tertiary/aromatic N) is 3. The van der Waals surface area contributed by atoms with Gasteiger partial charge < -0.3 is 19.3 Å². The number of piperazine rings is 1. The molecule has 0 aromatic heterocycles. The highest BCUT2D eigenvalue weighted by atomic mass is 35.5. The van der Waals surface area contributed by atoms with Crippen LogP contribution in [0.3, 0.4) is 0 Å². The zero-order chi connectivity index (χ0) is 36.1. The molecule has 3 aliphatic heterocycles. The van der Waals surface area contributed by atoms with Crippen LogP contribution < -0.4 is 14.4 Å². The maximum Gasteiger partial charge on any atom is 0.264 e. The van der Waals surface area contributed by atoms with Crippen molar-refractivity contribution in [1.29, 1.82) is 0 Å². The minimum absolute atomic E-state index is 0.124. The van der Waals surface area contributed by atoms with Gasteiger partial charge in [0.2, 0.25) is 15.9 Å². The third-order valence-corrected chi connectivity index (χ3v) is 14.1. The van der Waals surface area contributed by atoms with E-state index in [0.717, 1.165) is 88.8 Å². The average molecular weight is 743 g/mol. The number of hydrogen-bond acceptors (Lipinski definition) is 8. The fourth-order valence-electron chi connectivity index (χ4n) is 8.45. The van der Waals surface area contributed by atoms with E-state index in [1.807, 2.05) is 42.2 Å². The largest absolute Gasteiger partial charge is 0.487 e. The van der Waals surface area contributed by atoms with Crippen molar-refractivity contribution in [1.82, 2.24) is 14.5 Å². The monoisotopic (exact) mass is 742 g/mol. The summed E-state index contributed by atoms with van der Waals surface area (Å²) in [6.07, 6.45) is 7.74. The van der Waals surface area contributed by atoms with Gasteiger partial charge in [0, 0.05) is 57.0 Å². The maximum absolute atomic E-state index is 13.5. The number of ether oxygens (including phenoxy) is 2. The first-order valence-electron chi connectivity index (χ1n) is 18.9. The maximum atomic E-state index is 13.5. The molecule has 2 fully saturated rings. The number of amides is 2. The van der Waals surface area contributed by atoms with E-state index in [2.05, 4.69) is 14.5 Å². The molecule has 0 spiro atoms. The van der Waals surface area contributed by atoms with Crippen molar-refractivity contribution in [2.45, 2.75) is 77.1 Å². The molecule has 1 saturated carbocycles. The Hall–Kier alpha value is -2.86. The number of carbonyl (C=O) groups is 2. The molecule has 12 heteroatoms. The van der Waals surface area contributed by atoms with Crippen LogP contribution in [-0.2, 0) is 32.6 Å². The standard InChI is InChI=1S/C39H55ClN4O6S/c1-27-7-6-9-31(23-42-17-18-43(19-20-49-3)38(45)25-42)35-14-11-32(35)24-44-16-5-4-8-29-21-34(40)13-10-33(29)26-50-37-15-12-30(22-36(37)44)39(46)41-51(47,48)28(27)2/h10,12-13,15,21-22,27-28,31-32,35H,4-9,11,14,16-20,23-26H2,1-3H3,(H,41,46)/t27-,28+,31+,32-,35-/m0/s1. The van der Waals surface area contributed by atoms with Crippen LogP contribution in [0.1, 0.15) is 80.3 Å². The van der Waals surface area contributed by atoms with E-state index in [1.54, 1.807) is 20.1 Å². The van der Waals surface area contributed by atoms with E-state index in [9.17, 15) is 18.0 Å². The summed E-state index contributed by atoms with van der Waals surface area (Å²) in [5.74, 6) is 1.46. The SMILES string of the molecule is COCCN1CCN(C[C@H]2CCC[C@H](C)[C@@H](C)S(=O)(=O)NC(=O)c3ccc4c(c3)N(CCCCc3cc(Cl)ccc3CO4)C[C@@H]3CC[C@@H]23)CC1=O. The lowest BCUT2D eigenvalue weighted by molar-refractivity contribution is -0.137. The quantitative estimate of drug-likeness (QED) is 0.412. The zero-order valence-electron chi connectivity index (χ0n) is 30.4. The molecule has 6 rings (SSSR count). The van der Waals surface area contributed by atoms with Crippen molar-refractivity contribution >= 4 is 39.1 Å². The van der Waals surface area contributed by atoms with Crippen LogP contribution in [0, 0.1) is 23.7 Å². The molecule has 5 atom stereocenters. The number of hydrogen-bond donors (Lipinski definition) is 1. The van der Waals surface area contributed by atoms with Crippen molar-refractivity contribution in [2.75, 3.05) is 64.4 Å². The van der Waals surface area contributed by atoms with Gasteiger partial charge in [0.25, 0.3) is 5.91 Å². The Balaban J connectivity index is 1.30. The van der Waals surface area contributed by atoms with Gasteiger partial charge in [0.1, 0.15) is 12.4 Å². The average Bonchev–Trinajstić information content (AvgIpc) is 3.11. The Bertz CT molecular complexity index is 1660. The molecule has 51 heavy (non-hydrogen) atoms. The number of benzene rings is 2. The van der Waals surface area contributed by atoms with Crippen LogP contribution >= 0.6 is 11.6 Å². The van der Waals surface area contributed by atoms with E-state index >= 15 is 0 Å². The van der Waals surface area contributed by atoms with Crippen LogP contribution in [0.25, 0.3) is 0 Å². The molecule has 280 valence electrons. The molecule has 2 aromatic carbocycles. The summed E-state index contributed by atoms with van der Waals surface area (Å²) in [7, 11) is -2.25. The van der Waals surface area contributed by atoms with Crippen LogP contribution in [0.2, 0.25) is 5.02 Å². The molecule has 2 aromatic rings. The lowest BCUT2D eigenvalue weighted by Crippen LogP contribution is -2.53. The Labute approximate surface area is 309 Å². The first kappa shape index (κ1) is 37.9. The van der Waals surface area contributed by atoms with E-state index in [-0.39, 0.29) is 11.8 Å². The van der Waals surface area contributed by atoms with Gasteiger partial charge in [0.15, 0.2) is 0 Å². The fraction of sp³-hybridized carbons (Fsp3) is 0.641. The minimum Gasteiger partial charge on any atom is -0.487 e. The summed E-state index contributed by atoms with van der Waals surface area (Å²) in [4.78, 5) is 33.2. The molecule has 3 heterocycles. The first-order chi connectivity index (χ1) is 24.5. The molecular weight excluding hydrogens is 688 g/mol. The molecule has 0 radical (unpaired) electrons. The van der Waals surface area contributed by atoms with Crippen molar-refractivity contribution in [3.63, 3.8) is 0 Å². The number of aryl methyl sites for hydroxylation is 1. The predicted octanol–water partition coefficient (Wildman–Crippen LogP) is 5.76. The molecule has 1 saturated heterocycles. The molecule has 2 bridgehead atoms. The van der Waals surface area contributed by atoms with Crippen LogP contribution in [-0.4, -0.2) is 94.8 Å². The van der Waals surface area contributed by atoms with Crippen LogP contribution in [0.15, 0.2) is 36.4 Å². The summed E-state index contributed by atoms with van der Waals surface area (Å²) >= 11 is 6.38. The zero-order valence-corrected chi connectivity index (χ0v) is 32.0. The fourth-order valence-corrected chi connectivity index (χ4v) is 9.96. The number of nitrogens with one attached hydrogen (secondary N) is 1. The van der Waals surface area contributed by atoms with Crippen molar-refractivity contribution in [2.24, 2.45) is 23.7 Å². The van der Waals surface area contributed by atoms with E-state index < -0.39 is 21.2 Å². The Kier molecular flexibility index (Phi) is 12.5. The van der Waals surface area contributed by atoms with Gasteiger partial charge in [-0.2, -0.15) is 0 Å². The second kappa shape index (κ2) is 16.9. The molecule has 1 aliphatic carbocycles. The highest BCUT2D eigenvalue weighted by Crippen LogP contribution is 2.44. The minimum atomic E-state index is -3.91. The highest BCUT2D eigenvalue weighted by molar-refractivity contribution is 7.90. The van der Waals surface area contributed by atoms with Gasteiger partial charge in [-0.15, -0.1) is 0 Å². The van der Waals surface area contributed by atoms with Crippen LogP contribution in [0.4, 0.5) is 5.69 Å². The topological polar surface area (TPSA) is 108 Å². The predicted molar refractivity (Wildman–Crippen MR) is 201 cm³/mol. The first-order valence-corrected chi connectivity index (χ1v) is 20.8. The Morgan fingerprint density at radius 2 is 1.80 bits per heavy atom. The number of methoxy groups -OCH3 is 1. The van der Waals surface area contributed by atoms with Gasteiger partial charge in [0.05, 0.1) is 24.1 Å². The molecule has 10 nitrogen and oxygen atoms in total. The van der Waals surface area contributed by atoms with Crippen molar-refractivity contribution in [3.05, 3.63) is 58.1 Å². The molecular formula is C39H55ClN4O6S. The van der Waals surface area contributed by atoms with Gasteiger partial charge in [-0.1, -0.05) is 31.0 Å². The van der Waals surface area contributed by atoms with E-state index in [4.69, 9.17) is 21.1 Å². The van der Waals surface area contributed by atoms with Crippen molar-refractivity contribution < 1.29 is 27.5 Å². The van der Waals surface area contributed by atoms with Crippen molar-refractivity contribution in [3.8, 4) is 5.75 Å². The Morgan fingerprint density at radius 1 is 0.961 bits per heavy atom. The number of fused-ring (bicyclic) bond motifs is 3. The number of rotatable bonds is 5. The van der Waals surface area contributed by atoms with Crippen LogP contribution in [0.5, 0.6) is 5.75 Å².